The zero-order valence-electron chi connectivity index (χ0n) is 20.2. The fraction of sp³-hybridized carbons (Fsp3) is 0.560. The predicted molar refractivity (Wildman–Crippen MR) is 126 cm³/mol. The quantitative estimate of drug-likeness (QED) is 0.551. The highest BCUT2D eigenvalue weighted by Gasteiger charge is 2.40. The van der Waals surface area contributed by atoms with Crippen LogP contribution in [0.4, 0.5) is 13.2 Å². The van der Waals surface area contributed by atoms with Gasteiger partial charge in [0.15, 0.2) is 0 Å². The maximum atomic E-state index is 13.0. The molecular weight excluding hydrogens is 499 g/mol. The van der Waals surface area contributed by atoms with Gasteiger partial charge in [-0.2, -0.15) is 18.3 Å². The molecule has 3 heterocycles. The molecule has 1 spiro atoms. The number of aryl methyl sites for hydroxylation is 1. The van der Waals surface area contributed by atoms with Crippen LogP contribution in [-0.2, 0) is 35.0 Å². The van der Waals surface area contributed by atoms with Crippen molar-refractivity contribution in [3.8, 4) is 0 Å². The molecule has 0 unspecified atom stereocenters. The van der Waals surface area contributed by atoms with Gasteiger partial charge in [-0.05, 0) is 49.3 Å². The van der Waals surface area contributed by atoms with Crippen LogP contribution in [0, 0.1) is 11.3 Å². The fourth-order valence-electron chi connectivity index (χ4n) is 4.83. The maximum Gasteiger partial charge on any atom is 0.416 e. The fourth-order valence-corrected chi connectivity index (χ4v) is 5.02. The highest BCUT2D eigenvalue weighted by molar-refractivity contribution is 6.33. The topological polar surface area (TPSA) is 82.5 Å². The van der Waals surface area contributed by atoms with Gasteiger partial charge in [0.25, 0.3) is 5.91 Å². The van der Waals surface area contributed by atoms with Crippen LogP contribution in [0.5, 0.6) is 0 Å². The monoisotopic (exact) mass is 527 g/mol. The Balaban J connectivity index is 1.49. The largest absolute Gasteiger partial charge is 0.462 e. The standard InChI is InChI=1S/C25H29ClF3N3O4/c1-3-19-21-20(11-24(14-30-22(21)33)6-8-35-9-7-24)32(31-19)12-15(2)13-36-23(34)17-10-16(25(27,28)29)4-5-18(17)26/h4-5,10,15H,3,6-9,11-14H2,1-2H3,(H,30,33)/t15-/m1/s1. The Bertz CT molecular complexity index is 1140. The molecule has 1 atom stereocenters. The molecule has 0 saturated carbocycles. The van der Waals surface area contributed by atoms with Crippen molar-refractivity contribution >= 4 is 23.5 Å². The molecule has 196 valence electrons. The van der Waals surface area contributed by atoms with Gasteiger partial charge in [0, 0.05) is 32.2 Å². The van der Waals surface area contributed by atoms with Crippen molar-refractivity contribution in [1.29, 1.82) is 0 Å². The summed E-state index contributed by atoms with van der Waals surface area (Å²) in [6.07, 6.45) is -1.65. The third-order valence-corrected chi connectivity index (χ3v) is 7.24. The number of carbonyl (C=O) groups is 2. The number of esters is 1. The molecule has 1 fully saturated rings. The van der Waals surface area contributed by atoms with E-state index in [1.165, 1.54) is 0 Å². The second kappa shape index (κ2) is 10.4. The van der Waals surface area contributed by atoms with Gasteiger partial charge in [-0.1, -0.05) is 25.4 Å². The third-order valence-electron chi connectivity index (χ3n) is 6.91. The van der Waals surface area contributed by atoms with Gasteiger partial charge in [-0.3, -0.25) is 9.48 Å². The zero-order chi connectivity index (χ0) is 26.1. The van der Waals surface area contributed by atoms with Gasteiger partial charge in [-0.15, -0.1) is 0 Å². The van der Waals surface area contributed by atoms with Crippen molar-refractivity contribution in [2.75, 3.05) is 26.4 Å². The van der Waals surface area contributed by atoms with Crippen molar-refractivity contribution in [3.63, 3.8) is 0 Å². The lowest BCUT2D eigenvalue weighted by atomic mass is 9.76. The number of halogens is 4. The summed E-state index contributed by atoms with van der Waals surface area (Å²) in [6, 6.07) is 2.55. The highest BCUT2D eigenvalue weighted by atomic mass is 35.5. The minimum atomic E-state index is -4.60. The van der Waals surface area contributed by atoms with Gasteiger partial charge >= 0.3 is 12.1 Å². The number of hydrogen-bond acceptors (Lipinski definition) is 5. The summed E-state index contributed by atoms with van der Waals surface area (Å²) >= 11 is 5.96. The molecule has 1 N–H and O–H groups in total. The minimum Gasteiger partial charge on any atom is -0.462 e. The number of amides is 1. The molecule has 2 aliphatic heterocycles. The van der Waals surface area contributed by atoms with Gasteiger partial charge in [-0.25, -0.2) is 4.79 Å². The molecule has 0 aliphatic carbocycles. The van der Waals surface area contributed by atoms with E-state index in [4.69, 9.17) is 26.2 Å². The van der Waals surface area contributed by atoms with Crippen LogP contribution < -0.4 is 5.32 Å². The number of benzene rings is 1. The Kier molecular flexibility index (Phi) is 7.66. The lowest BCUT2D eigenvalue weighted by Gasteiger charge is -2.36. The van der Waals surface area contributed by atoms with Crippen LogP contribution in [0.25, 0.3) is 0 Å². The van der Waals surface area contributed by atoms with Crippen LogP contribution >= 0.6 is 11.6 Å². The predicted octanol–water partition coefficient (Wildman–Crippen LogP) is 4.69. The number of ether oxygens (including phenoxy) is 2. The van der Waals surface area contributed by atoms with Gasteiger partial charge in [0.05, 0.1) is 39.7 Å². The Morgan fingerprint density at radius 3 is 2.72 bits per heavy atom. The number of fused-ring (bicyclic) bond motifs is 1. The van der Waals surface area contributed by atoms with E-state index in [0.717, 1.165) is 30.7 Å². The summed E-state index contributed by atoms with van der Waals surface area (Å²) in [7, 11) is 0. The summed E-state index contributed by atoms with van der Waals surface area (Å²) in [5.74, 6) is -1.27. The lowest BCUT2D eigenvalue weighted by molar-refractivity contribution is -0.137. The van der Waals surface area contributed by atoms with E-state index in [-0.39, 0.29) is 34.4 Å². The van der Waals surface area contributed by atoms with Crippen molar-refractivity contribution < 1.29 is 32.2 Å². The number of alkyl halides is 3. The molecule has 4 rings (SSSR count). The molecule has 2 aromatic rings. The van der Waals surface area contributed by atoms with Crippen molar-refractivity contribution in [3.05, 3.63) is 51.3 Å². The first-order chi connectivity index (χ1) is 17.0. The molecule has 1 amide bonds. The van der Waals surface area contributed by atoms with Gasteiger partial charge < -0.3 is 14.8 Å². The van der Waals surface area contributed by atoms with E-state index in [9.17, 15) is 22.8 Å². The first-order valence-electron chi connectivity index (χ1n) is 12.0. The third kappa shape index (κ3) is 5.54. The molecule has 11 heteroatoms. The first-order valence-corrected chi connectivity index (χ1v) is 12.4. The number of aromatic nitrogens is 2. The normalized spacial score (nSPS) is 18.3. The average Bonchev–Trinajstić information content (AvgIpc) is 3.10. The van der Waals surface area contributed by atoms with Gasteiger partial charge in [0.1, 0.15) is 0 Å². The van der Waals surface area contributed by atoms with Crippen LogP contribution in [0.15, 0.2) is 18.2 Å². The maximum absolute atomic E-state index is 13.0. The average molecular weight is 528 g/mol. The summed E-state index contributed by atoms with van der Waals surface area (Å²) in [6.45, 7) is 5.99. The van der Waals surface area contributed by atoms with E-state index in [1.54, 1.807) is 0 Å². The molecular formula is C25H29ClF3N3O4. The summed E-state index contributed by atoms with van der Waals surface area (Å²) in [5.41, 5.74) is 0.782. The van der Waals surface area contributed by atoms with E-state index < -0.39 is 17.7 Å². The van der Waals surface area contributed by atoms with Gasteiger partial charge in [0.2, 0.25) is 0 Å². The van der Waals surface area contributed by atoms with E-state index >= 15 is 0 Å². The summed E-state index contributed by atoms with van der Waals surface area (Å²) in [4.78, 5) is 25.5. The molecule has 2 aliphatic rings. The van der Waals surface area contributed by atoms with Crippen LogP contribution in [0.3, 0.4) is 0 Å². The molecule has 0 radical (unpaired) electrons. The molecule has 1 saturated heterocycles. The van der Waals surface area contributed by atoms with Crippen molar-refractivity contribution in [2.24, 2.45) is 11.3 Å². The summed E-state index contributed by atoms with van der Waals surface area (Å²) in [5, 5.41) is 7.66. The number of hydrogen-bond donors (Lipinski definition) is 1. The van der Waals surface area contributed by atoms with E-state index in [0.29, 0.717) is 56.5 Å². The molecule has 1 aromatic carbocycles. The van der Waals surface area contributed by atoms with E-state index in [1.807, 2.05) is 18.5 Å². The lowest BCUT2D eigenvalue weighted by Crippen LogP contribution is -2.41. The molecule has 36 heavy (non-hydrogen) atoms. The zero-order valence-corrected chi connectivity index (χ0v) is 21.0. The molecule has 7 nitrogen and oxygen atoms in total. The smallest absolute Gasteiger partial charge is 0.416 e. The number of nitrogens with zero attached hydrogens (tertiary/aromatic N) is 2. The van der Waals surface area contributed by atoms with E-state index in [2.05, 4.69) is 5.32 Å². The molecule has 0 bridgehead atoms. The highest BCUT2D eigenvalue weighted by Crippen LogP contribution is 2.37. The second-order valence-corrected chi connectivity index (χ2v) is 10.1. The first kappa shape index (κ1) is 26.5. The SMILES string of the molecule is CCc1nn(C[C@@H](C)COC(=O)c2cc(C(F)(F)F)ccc2Cl)c2c1C(=O)NCC1(CCOCC1)C2. The Morgan fingerprint density at radius 1 is 1.33 bits per heavy atom. The van der Waals surface area contributed by atoms with Crippen molar-refractivity contribution in [2.45, 2.75) is 52.3 Å². The van der Waals surface area contributed by atoms with Crippen molar-refractivity contribution in [1.82, 2.24) is 15.1 Å². The number of carbonyl (C=O) groups excluding carboxylic acids is 2. The number of rotatable bonds is 6. The molecule has 1 aromatic heterocycles. The van der Waals surface area contributed by atoms with Crippen LogP contribution in [0.2, 0.25) is 5.02 Å². The van der Waals surface area contributed by atoms with Crippen LogP contribution in [0.1, 0.15) is 64.4 Å². The number of nitrogens with one attached hydrogen (secondary N) is 1. The second-order valence-electron chi connectivity index (χ2n) is 9.67. The Morgan fingerprint density at radius 2 is 2.06 bits per heavy atom. The Labute approximate surface area is 212 Å². The minimum absolute atomic E-state index is 0.0489. The van der Waals surface area contributed by atoms with Crippen LogP contribution in [-0.4, -0.2) is 48.0 Å². The summed E-state index contributed by atoms with van der Waals surface area (Å²) < 4.78 is 51.8. The Hall–Kier alpha value is -2.59.